The lowest BCUT2D eigenvalue weighted by atomic mass is 9.91. The predicted molar refractivity (Wildman–Crippen MR) is 98.4 cm³/mol. The summed E-state index contributed by atoms with van der Waals surface area (Å²) in [6, 6.07) is 12.1. The molecule has 0 radical (unpaired) electrons. The van der Waals surface area contributed by atoms with Gasteiger partial charge in [-0.1, -0.05) is 24.3 Å². The molecule has 7 nitrogen and oxygen atoms in total. The molecule has 136 valence electrons. The summed E-state index contributed by atoms with van der Waals surface area (Å²) in [5, 5.41) is 2.75. The molecule has 0 spiro atoms. The minimum absolute atomic E-state index is 0.0307. The number of carbonyl (C=O) groups is 2. The van der Waals surface area contributed by atoms with Gasteiger partial charge in [-0.2, -0.15) is 0 Å². The number of amides is 1. The van der Waals surface area contributed by atoms with Gasteiger partial charge in [-0.3, -0.25) is 18.8 Å². The fourth-order valence-electron chi connectivity index (χ4n) is 3.20. The van der Waals surface area contributed by atoms with E-state index in [0.29, 0.717) is 17.0 Å². The van der Waals surface area contributed by atoms with E-state index in [4.69, 9.17) is 4.74 Å². The molecule has 3 aromatic rings. The SMILES string of the molecule is Cc1ccc2nc(COC(=O)C3CC(=O)Nc4ccccc43)cc(=O)n2c1. The number of esters is 1. The molecule has 2 aromatic heterocycles. The maximum atomic E-state index is 12.6. The second kappa shape index (κ2) is 6.68. The van der Waals surface area contributed by atoms with E-state index in [-0.39, 0.29) is 24.5 Å². The quantitative estimate of drug-likeness (QED) is 0.721. The summed E-state index contributed by atoms with van der Waals surface area (Å²) in [6.07, 6.45) is 1.74. The molecular formula is C20H17N3O4. The van der Waals surface area contributed by atoms with E-state index in [2.05, 4.69) is 10.3 Å². The van der Waals surface area contributed by atoms with Gasteiger partial charge in [-0.25, -0.2) is 4.98 Å². The van der Waals surface area contributed by atoms with Crippen LogP contribution in [-0.2, 0) is 20.9 Å². The number of nitrogens with zero attached hydrogens (tertiary/aromatic N) is 2. The summed E-state index contributed by atoms with van der Waals surface area (Å²) in [5.74, 6) is -1.41. The van der Waals surface area contributed by atoms with Crippen LogP contribution in [0.4, 0.5) is 5.69 Å². The summed E-state index contributed by atoms with van der Waals surface area (Å²) in [7, 11) is 0. The topological polar surface area (TPSA) is 89.8 Å². The number of ether oxygens (including phenoxy) is 1. The Morgan fingerprint density at radius 2 is 2.07 bits per heavy atom. The summed E-state index contributed by atoms with van der Waals surface area (Å²) < 4.78 is 6.82. The highest BCUT2D eigenvalue weighted by Crippen LogP contribution is 2.32. The van der Waals surface area contributed by atoms with Gasteiger partial charge in [-0.05, 0) is 30.2 Å². The molecule has 0 fully saturated rings. The van der Waals surface area contributed by atoms with Crippen LogP contribution in [0.5, 0.6) is 0 Å². The fraction of sp³-hybridized carbons (Fsp3) is 0.200. The number of aromatic nitrogens is 2. The Morgan fingerprint density at radius 3 is 2.93 bits per heavy atom. The second-order valence-electron chi connectivity index (χ2n) is 6.52. The first-order valence-corrected chi connectivity index (χ1v) is 8.55. The first-order chi connectivity index (χ1) is 13.0. The molecule has 1 aliphatic rings. The smallest absolute Gasteiger partial charge is 0.314 e. The molecule has 4 rings (SSSR count). The molecule has 0 saturated heterocycles. The van der Waals surface area contributed by atoms with E-state index >= 15 is 0 Å². The van der Waals surface area contributed by atoms with Crippen LogP contribution in [0.15, 0.2) is 53.5 Å². The molecule has 3 heterocycles. The fourth-order valence-corrected chi connectivity index (χ4v) is 3.20. The number of pyridine rings is 1. The highest BCUT2D eigenvalue weighted by atomic mass is 16.5. The van der Waals surface area contributed by atoms with Crippen molar-refractivity contribution in [1.29, 1.82) is 0 Å². The molecule has 1 aromatic carbocycles. The molecule has 27 heavy (non-hydrogen) atoms. The second-order valence-corrected chi connectivity index (χ2v) is 6.52. The Balaban J connectivity index is 1.55. The van der Waals surface area contributed by atoms with E-state index in [1.807, 2.05) is 19.1 Å². The van der Waals surface area contributed by atoms with Gasteiger partial charge in [0.1, 0.15) is 12.3 Å². The zero-order chi connectivity index (χ0) is 19.0. The standard InChI is InChI=1S/C20H17N3O4/c1-12-6-7-17-21-13(8-19(25)23(17)10-12)11-27-20(26)15-9-18(24)22-16-5-3-2-4-14(15)16/h2-8,10,15H,9,11H2,1H3,(H,22,24). The number of hydrogen-bond donors (Lipinski definition) is 1. The first kappa shape index (κ1) is 17.0. The molecular weight excluding hydrogens is 346 g/mol. The number of nitrogens with one attached hydrogen (secondary N) is 1. The Bertz CT molecular complexity index is 1120. The lowest BCUT2D eigenvalue weighted by molar-refractivity contribution is -0.148. The van der Waals surface area contributed by atoms with Gasteiger partial charge < -0.3 is 10.1 Å². The maximum Gasteiger partial charge on any atom is 0.314 e. The highest BCUT2D eigenvalue weighted by molar-refractivity contribution is 5.99. The van der Waals surface area contributed by atoms with Gasteiger partial charge in [-0.15, -0.1) is 0 Å². The van der Waals surface area contributed by atoms with Gasteiger partial charge in [0.15, 0.2) is 0 Å². The highest BCUT2D eigenvalue weighted by Gasteiger charge is 2.31. The van der Waals surface area contributed by atoms with Crippen LogP contribution in [-0.4, -0.2) is 21.3 Å². The van der Waals surface area contributed by atoms with Crippen LogP contribution < -0.4 is 10.9 Å². The molecule has 0 aliphatic carbocycles. The van der Waals surface area contributed by atoms with Crippen LogP contribution in [0.2, 0.25) is 0 Å². The molecule has 1 atom stereocenters. The summed E-state index contributed by atoms with van der Waals surface area (Å²) in [5.41, 5.74) is 2.90. The molecule has 0 saturated carbocycles. The van der Waals surface area contributed by atoms with Crippen LogP contribution in [0.25, 0.3) is 5.65 Å². The number of hydrogen-bond acceptors (Lipinski definition) is 5. The number of para-hydroxylation sites is 1. The van der Waals surface area contributed by atoms with E-state index in [1.54, 1.807) is 30.5 Å². The van der Waals surface area contributed by atoms with E-state index in [0.717, 1.165) is 11.1 Å². The van der Waals surface area contributed by atoms with Crippen molar-refractivity contribution in [3.63, 3.8) is 0 Å². The number of anilines is 1. The van der Waals surface area contributed by atoms with Gasteiger partial charge in [0.25, 0.3) is 5.56 Å². The van der Waals surface area contributed by atoms with Crippen molar-refractivity contribution < 1.29 is 14.3 Å². The van der Waals surface area contributed by atoms with E-state index < -0.39 is 11.9 Å². The van der Waals surface area contributed by atoms with Crippen molar-refractivity contribution in [3.05, 3.63) is 75.8 Å². The Morgan fingerprint density at radius 1 is 1.26 bits per heavy atom. The van der Waals surface area contributed by atoms with E-state index in [9.17, 15) is 14.4 Å². The van der Waals surface area contributed by atoms with E-state index in [1.165, 1.54) is 10.5 Å². The first-order valence-electron chi connectivity index (χ1n) is 8.55. The summed E-state index contributed by atoms with van der Waals surface area (Å²) in [4.78, 5) is 41.0. The van der Waals surface area contributed by atoms with Crippen molar-refractivity contribution in [2.75, 3.05) is 5.32 Å². The average Bonchev–Trinajstić information content (AvgIpc) is 2.66. The van der Waals surface area contributed by atoms with Crippen molar-refractivity contribution in [2.24, 2.45) is 0 Å². The number of fused-ring (bicyclic) bond motifs is 2. The Labute approximate surface area is 154 Å². The average molecular weight is 363 g/mol. The summed E-state index contributed by atoms with van der Waals surface area (Å²) in [6.45, 7) is 1.76. The molecule has 1 aliphatic heterocycles. The van der Waals surface area contributed by atoms with Crippen LogP contribution in [0, 0.1) is 6.92 Å². The summed E-state index contributed by atoms with van der Waals surface area (Å²) >= 11 is 0. The Kier molecular flexibility index (Phi) is 4.19. The zero-order valence-electron chi connectivity index (χ0n) is 14.6. The lowest BCUT2D eigenvalue weighted by Gasteiger charge is -2.24. The number of aryl methyl sites for hydroxylation is 1. The van der Waals surface area contributed by atoms with Crippen LogP contribution in [0.3, 0.4) is 0 Å². The largest absolute Gasteiger partial charge is 0.459 e. The van der Waals surface area contributed by atoms with Gasteiger partial charge in [0, 0.05) is 24.4 Å². The lowest BCUT2D eigenvalue weighted by Crippen LogP contribution is -2.28. The zero-order valence-corrected chi connectivity index (χ0v) is 14.6. The maximum absolute atomic E-state index is 12.6. The third-order valence-corrected chi connectivity index (χ3v) is 4.51. The molecule has 1 N–H and O–H groups in total. The Hall–Kier alpha value is -3.48. The van der Waals surface area contributed by atoms with Crippen LogP contribution >= 0.6 is 0 Å². The van der Waals surface area contributed by atoms with Crippen molar-refractivity contribution in [2.45, 2.75) is 25.9 Å². The van der Waals surface area contributed by atoms with Gasteiger partial charge in [0.2, 0.25) is 5.91 Å². The molecule has 1 unspecified atom stereocenters. The molecule has 1 amide bonds. The third kappa shape index (κ3) is 3.31. The monoisotopic (exact) mass is 363 g/mol. The molecule has 0 bridgehead atoms. The third-order valence-electron chi connectivity index (χ3n) is 4.51. The van der Waals surface area contributed by atoms with Crippen molar-refractivity contribution in [3.8, 4) is 0 Å². The van der Waals surface area contributed by atoms with Crippen molar-refractivity contribution >= 4 is 23.2 Å². The number of rotatable bonds is 3. The minimum Gasteiger partial charge on any atom is -0.459 e. The normalized spacial score (nSPS) is 15.9. The molecule has 7 heteroatoms. The van der Waals surface area contributed by atoms with Crippen molar-refractivity contribution in [1.82, 2.24) is 9.38 Å². The predicted octanol–water partition coefficient (Wildman–Crippen LogP) is 2.17. The minimum atomic E-state index is -0.667. The van der Waals surface area contributed by atoms with Gasteiger partial charge >= 0.3 is 5.97 Å². The number of benzene rings is 1. The van der Waals surface area contributed by atoms with Gasteiger partial charge in [0.05, 0.1) is 11.6 Å². The number of carbonyl (C=O) groups excluding carboxylic acids is 2. The van der Waals surface area contributed by atoms with Crippen LogP contribution in [0.1, 0.15) is 29.2 Å².